The van der Waals surface area contributed by atoms with Gasteiger partial charge < -0.3 is 14.6 Å². The molecule has 1 saturated heterocycles. The molecule has 6 nitrogen and oxygen atoms in total. The van der Waals surface area contributed by atoms with Gasteiger partial charge in [0.25, 0.3) is 5.91 Å². The highest BCUT2D eigenvalue weighted by Crippen LogP contribution is 2.39. The first-order valence-corrected chi connectivity index (χ1v) is 8.59. The fourth-order valence-corrected chi connectivity index (χ4v) is 2.92. The highest BCUT2D eigenvalue weighted by molar-refractivity contribution is 5.94. The summed E-state index contributed by atoms with van der Waals surface area (Å²) in [6, 6.07) is 7.33. The fourth-order valence-electron chi connectivity index (χ4n) is 2.92. The van der Waals surface area contributed by atoms with E-state index in [0.717, 1.165) is 50.4 Å². The average molecular weight is 327 g/mol. The molecule has 0 radical (unpaired) electrons. The van der Waals surface area contributed by atoms with E-state index in [1.54, 1.807) is 12.1 Å². The maximum atomic E-state index is 12.2. The molecule has 2 aromatic rings. The third kappa shape index (κ3) is 3.48. The number of benzene rings is 1. The van der Waals surface area contributed by atoms with Crippen LogP contribution in [0.15, 0.2) is 28.8 Å². The molecule has 1 aromatic heterocycles. The number of rotatable bonds is 6. The molecular weight excluding hydrogens is 306 g/mol. The molecule has 2 aliphatic rings. The lowest BCUT2D eigenvalue weighted by Crippen LogP contribution is -2.26. The van der Waals surface area contributed by atoms with Crippen molar-refractivity contribution in [2.45, 2.75) is 31.6 Å². The fraction of sp³-hybridized carbons (Fsp3) is 0.500. The lowest BCUT2D eigenvalue weighted by atomic mass is 10.1. The first kappa shape index (κ1) is 15.3. The zero-order chi connectivity index (χ0) is 16.4. The van der Waals surface area contributed by atoms with Crippen LogP contribution in [-0.2, 0) is 4.74 Å². The molecule has 24 heavy (non-hydrogen) atoms. The first-order valence-electron chi connectivity index (χ1n) is 8.59. The van der Waals surface area contributed by atoms with Gasteiger partial charge in [0.1, 0.15) is 0 Å². The van der Waals surface area contributed by atoms with Gasteiger partial charge in [0, 0.05) is 36.8 Å². The summed E-state index contributed by atoms with van der Waals surface area (Å²) in [5.74, 6) is 2.29. The van der Waals surface area contributed by atoms with Gasteiger partial charge in [-0.25, -0.2) is 0 Å². The smallest absolute Gasteiger partial charge is 0.251 e. The molecule has 1 saturated carbocycles. The van der Waals surface area contributed by atoms with Crippen molar-refractivity contribution in [1.29, 1.82) is 0 Å². The van der Waals surface area contributed by atoms with Gasteiger partial charge in [-0.3, -0.25) is 4.79 Å². The lowest BCUT2D eigenvalue weighted by Gasteiger charge is -2.09. The molecule has 4 rings (SSSR count). The number of hydrogen-bond donors (Lipinski definition) is 1. The van der Waals surface area contributed by atoms with Crippen LogP contribution in [0.4, 0.5) is 0 Å². The zero-order valence-corrected chi connectivity index (χ0v) is 13.5. The molecule has 2 heterocycles. The molecule has 0 bridgehead atoms. The van der Waals surface area contributed by atoms with Gasteiger partial charge in [-0.15, -0.1) is 0 Å². The summed E-state index contributed by atoms with van der Waals surface area (Å²) in [4.78, 5) is 16.6. The van der Waals surface area contributed by atoms with Crippen LogP contribution in [0.2, 0.25) is 0 Å². The van der Waals surface area contributed by atoms with Crippen LogP contribution in [0.1, 0.15) is 47.8 Å². The minimum atomic E-state index is -0.0488. The van der Waals surface area contributed by atoms with E-state index >= 15 is 0 Å². The molecule has 126 valence electrons. The van der Waals surface area contributed by atoms with Crippen LogP contribution in [0.5, 0.6) is 0 Å². The van der Waals surface area contributed by atoms with Crippen LogP contribution in [0.3, 0.4) is 0 Å². The number of nitrogens with one attached hydrogen (secondary N) is 1. The van der Waals surface area contributed by atoms with Crippen LogP contribution in [0.25, 0.3) is 11.4 Å². The van der Waals surface area contributed by atoms with Crippen LogP contribution < -0.4 is 5.32 Å². The third-order valence-corrected chi connectivity index (χ3v) is 4.64. The zero-order valence-electron chi connectivity index (χ0n) is 13.5. The predicted octanol–water partition coefficient (Wildman–Crippen LogP) is 2.77. The van der Waals surface area contributed by atoms with Crippen LogP contribution in [-0.4, -0.2) is 35.8 Å². The van der Waals surface area contributed by atoms with Crippen molar-refractivity contribution in [3.8, 4) is 11.4 Å². The Kier molecular flexibility index (Phi) is 4.30. The van der Waals surface area contributed by atoms with E-state index in [1.165, 1.54) is 0 Å². The Morgan fingerprint density at radius 1 is 1.21 bits per heavy atom. The normalized spacial score (nSPS) is 20.2. The van der Waals surface area contributed by atoms with E-state index in [4.69, 9.17) is 9.26 Å². The summed E-state index contributed by atoms with van der Waals surface area (Å²) in [5.41, 5.74) is 1.51. The largest absolute Gasteiger partial charge is 0.381 e. The quantitative estimate of drug-likeness (QED) is 0.883. The van der Waals surface area contributed by atoms with Gasteiger partial charge in [0.15, 0.2) is 0 Å². The summed E-state index contributed by atoms with van der Waals surface area (Å²) in [6.07, 6.45) is 4.33. The number of hydrogen-bond acceptors (Lipinski definition) is 5. The van der Waals surface area contributed by atoms with E-state index in [1.807, 2.05) is 12.1 Å². The summed E-state index contributed by atoms with van der Waals surface area (Å²) in [7, 11) is 0. The lowest BCUT2D eigenvalue weighted by molar-refractivity contribution is 0.0950. The molecule has 1 N–H and O–H groups in total. The SMILES string of the molecule is O=C(NCC[C@H]1CCOC1)c1ccc(-c2noc(C3CC3)n2)cc1. The van der Waals surface area contributed by atoms with E-state index in [0.29, 0.717) is 29.8 Å². The van der Waals surface area contributed by atoms with Crippen molar-refractivity contribution in [2.75, 3.05) is 19.8 Å². The second-order valence-corrected chi connectivity index (χ2v) is 6.58. The Labute approximate surface area is 140 Å². The number of aromatic nitrogens is 2. The molecule has 1 atom stereocenters. The molecule has 1 aliphatic carbocycles. The van der Waals surface area contributed by atoms with Crippen molar-refractivity contribution < 1.29 is 14.1 Å². The van der Waals surface area contributed by atoms with Gasteiger partial charge in [-0.2, -0.15) is 4.98 Å². The van der Waals surface area contributed by atoms with Crippen LogP contribution in [0, 0.1) is 5.92 Å². The van der Waals surface area contributed by atoms with Crippen molar-refractivity contribution in [3.63, 3.8) is 0 Å². The summed E-state index contributed by atoms with van der Waals surface area (Å²) in [5, 5.41) is 6.99. The van der Waals surface area contributed by atoms with Crippen LogP contribution >= 0.6 is 0 Å². The number of amides is 1. The van der Waals surface area contributed by atoms with Gasteiger partial charge in [-0.05, 0) is 43.7 Å². The number of carbonyl (C=O) groups excluding carboxylic acids is 1. The molecule has 2 fully saturated rings. The molecule has 1 aromatic carbocycles. The summed E-state index contributed by atoms with van der Waals surface area (Å²) in [6.45, 7) is 2.35. The van der Waals surface area contributed by atoms with Crippen molar-refractivity contribution in [1.82, 2.24) is 15.5 Å². The molecule has 1 amide bonds. The van der Waals surface area contributed by atoms with E-state index < -0.39 is 0 Å². The Bertz CT molecular complexity index is 701. The third-order valence-electron chi connectivity index (χ3n) is 4.64. The standard InChI is InChI=1S/C18H21N3O3/c22-17(19-9-7-12-8-10-23-11-12)14-3-1-13(2-4-14)16-20-18(24-21-16)15-5-6-15/h1-4,12,15H,5-11H2,(H,19,22)/t12-/m0/s1. The van der Waals surface area contributed by atoms with Gasteiger partial charge in [0.05, 0.1) is 0 Å². The summed E-state index contributed by atoms with van der Waals surface area (Å²) >= 11 is 0. The van der Waals surface area contributed by atoms with Gasteiger partial charge in [0.2, 0.25) is 11.7 Å². The maximum Gasteiger partial charge on any atom is 0.251 e. The number of ether oxygens (including phenoxy) is 1. The second-order valence-electron chi connectivity index (χ2n) is 6.58. The minimum absolute atomic E-state index is 0.0488. The highest BCUT2D eigenvalue weighted by atomic mass is 16.5. The Balaban J connectivity index is 1.33. The van der Waals surface area contributed by atoms with Gasteiger partial charge in [-0.1, -0.05) is 17.3 Å². The maximum absolute atomic E-state index is 12.2. The molecular formula is C18H21N3O3. The van der Waals surface area contributed by atoms with E-state index in [-0.39, 0.29) is 5.91 Å². The molecule has 0 unspecified atom stereocenters. The monoisotopic (exact) mass is 327 g/mol. The molecule has 6 heteroatoms. The predicted molar refractivity (Wildman–Crippen MR) is 87.6 cm³/mol. The number of carbonyl (C=O) groups is 1. The minimum Gasteiger partial charge on any atom is -0.381 e. The van der Waals surface area contributed by atoms with Crippen molar-refractivity contribution in [3.05, 3.63) is 35.7 Å². The topological polar surface area (TPSA) is 77.2 Å². The average Bonchev–Trinajstić information content (AvgIpc) is 3.12. The Morgan fingerprint density at radius 2 is 2.04 bits per heavy atom. The Morgan fingerprint density at radius 3 is 2.75 bits per heavy atom. The highest BCUT2D eigenvalue weighted by Gasteiger charge is 2.29. The Hall–Kier alpha value is -2.21. The van der Waals surface area contributed by atoms with E-state index in [2.05, 4.69) is 15.5 Å². The summed E-state index contributed by atoms with van der Waals surface area (Å²) < 4.78 is 10.6. The van der Waals surface area contributed by atoms with E-state index in [9.17, 15) is 4.79 Å². The van der Waals surface area contributed by atoms with Gasteiger partial charge >= 0.3 is 0 Å². The second kappa shape index (κ2) is 6.73. The van der Waals surface area contributed by atoms with Crippen molar-refractivity contribution in [2.24, 2.45) is 5.92 Å². The number of nitrogens with zero attached hydrogens (tertiary/aromatic N) is 2. The molecule has 0 spiro atoms. The molecule has 1 aliphatic heterocycles. The van der Waals surface area contributed by atoms with Crippen molar-refractivity contribution >= 4 is 5.91 Å². The first-order chi connectivity index (χ1) is 11.8.